The van der Waals surface area contributed by atoms with Crippen molar-refractivity contribution in [3.05, 3.63) is 54.6 Å². The Morgan fingerprint density at radius 1 is 0.812 bits per heavy atom. The molecule has 1 heterocycles. The lowest BCUT2D eigenvalue weighted by Crippen LogP contribution is -2.41. The topological polar surface area (TPSA) is 87.7 Å². The van der Waals surface area contributed by atoms with Crippen molar-refractivity contribution in [1.29, 1.82) is 0 Å². The number of piperidine rings is 1. The molecule has 168 valence electrons. The number of ether oxygens (including phenoxy) is 1. The number of para-hydroxylation sites is 1. The second-order valence-corrected chi connectivity index (χ2v) is 8.40. The molecule has 7 nitrogen and oxygen atoms in total. The minimum atomic E-state index is -0.135. The maximum absolute atomic E-state index is 12.7. The first kappa shape index (κ1) is 21.9. The monoisotopic (exact) mass is 435 g/mol. The average molecular weight is 436 g/mol. The quantitative estimate of drug-likeness (QED) is 0.662. The van der Waals surface area contributed by atoms with Crippen LogP contribution in [0.2, 0.25) is 0 Å². The molecule has 0 bridgehead atoms. The van der Waals surface area contributed by atoms with Crippen molar-refractivity contribution < 1.29 is 19.1 Å². The van der Waals surface area contributed by atoms with E-state index in [9.17, 15) is 14.4 Å². The van der Waals surface area contributed by atoms with Crippen LogP contribution in [0.3, 0.4) is 0 Å². The summed E-state index contributed by atoms with van der Waals surface area (Å²) in [7, 11) is 0. The Bertz CT molecular complexity index is 951. The van der Waals surface area contributed by atoms with Crippen LogP contribution < -0.4 is 15.4 Å². The van der Waals surface area contributed by atoms with E-state index in [-0.39, 0.29) is 29.6 Å². The van der Waals surface area contributed by atoms with E-state index < -0.39 is 0 Å². The smallest absolute Gasteiger partial charge is 0.227 e. The second kappa shape index (κ2) is 10.3. The Kier molecular flexibility index (Phi) is 7.04. The van der Waals surface area contributed by atoms with Gasteiger partial charge in [0.1, 0.15) is 5.75 Å². The summed E-state index contributed by atoms with van der Waals surface area (Å²) in [6.45, 7) is 1.48. The summed E-state index contributed by atoms with van der Waals surface area (Å²) >= 11 is 0. The largest absolute Gasteiger partial charge is 0.493 e. The number of nitrogens with zero attached hydrogens (tertiary/aromatic N) is 1. The Labute approximate surface area is 188 Å². The molecule has 0 unspecified atom stereocenters. The number of carbonyl (C=O) groups is 3. The van der Waals surface area contributed by atoms with E-state index in [4.69, 9.17) is 4.74 Å². The normalized spacial score (nSPS) is 16.3. The van der Waals surface area contributed by atoms with E-state index in [0.717, 1.165) is 18.6 Å². The first-order chi connectivity index (χ1) is 15.6. The zero-order valence-corrected chi connectivity index (χ0v) is 18.1. The molecule has 2 aromatic carbocycles. The standard InChI is InChI=1S/C25H29N3O4/c29-23(13-16-32-22-7-2-1-3-8-22)28-14-11-19(12-15-28)25(31)27-21-6-4-5-20(17-21)26-24(30)18-9-10-18/h1-8,17-19H,9-16H2,(H,26,30)(H,27,31). The van der Waals surface area contributed by atoms with Gasteiger partial charge in [0.05, 0.1) is 13.0 Å². The number of rotatable bonds is 8. The van der Waals surface area contributed by atoms with Crippen LogP contribution in [0.1, 0.15) is 32.1 Å². The Morgan fingerprint density at radius 2 is 1.41 bits per heavy atom. The lowest BCUT2D eigenvalue weighted by Gasteiger charge is -2.31. The minimum Gasteiger partial charge on any atom is -0.493 e. The van der Waals surface area contributed by atoms with Crippen LogP contribution in [0.5, 0.6) is 5.75 Å². The fourth-order valence-corrected chi connectivity index (χ4v) is 3.83. The summed E-state index contributed by atoms with van der Waals surface area (Å²) < 4.78 is 5.61. The maximum Gasteiger partial charge on any atom is 0.227 e. The molecule has 4 rings (SSSR count). The van der Waals surface area contributed by atoms with Gasteiger partial charge >= 0.3 is 0 Å². The molecule has 2 aliphatic rings. The third-order valence-corrected chi connectivity index (χ3v) is 5.89. The van der Waals surface area contributed by atoms with Gasteiger partial charge in [0.15, 0.2) is 0 Å². The van der Waals surface area contributed by atoms with Crippen molar-refractivity contribution in [2.75, 3.05) is 30.3 Å². The van der Waals surface area contributed by atoms with Gasteiger partial charge in [-0.1, -0.05) is 24.3 Å². The number of amides is 3. The number of nitrogens with one attached hydrogen (secondary N) is 2. The second-order valence-electron chi connectivity index (χ2n) is 8.40. The fourth-order valence-electron chi connectivity index (χ4n) is 3.83. The van der Waals surface area contributed by atoms with Crippen molar-refractivity contribution in [2.45, 2.75) is 32.1 Å². The van der Waals surface area contributed by atoms with Gasteiger partial charge in [-0.2, -0.15) is 0 Å². The molecule has 1 aliphatic heterocycles. The highest BCUT2D eigenvalue weighted by Crippen LogP contribution is 2.30. The summed E-state index contributed by atoms with van der Waals surface area (Å²) in [5.41, 5.74) is 1.36. The third kappa shape index (κ3) is 6.09. The molecule has 3 amide bonds. The van der Waals surface area contributed by atoms with Crippen molar-refractivity contribution in [3.63, 3.8) is 0 Å². The zero-order valence-electron chi connectivity index (χ0n) is 18.1. The van der Waals surface area contributed by atoms with Crippen LogP contribution in [0.4, 0.5) is 11.4 Å². The Balaban J connectivity index is 1.19. The Hall–Kier alpha value is -3.35. The molecule has 7 heteroatoms. The molecule has 2 aromatic rings. The fraction of sp³-hybridized carbons (Fsp3) is 0.400. The number of carbonyl (C=O) groups excluding carboxylic acids is 3. The van der Waals surface area contributed by atoms with Crippen LogP contribution in [-0.2, 0) is 14.4 Å². The van der Waals surface area contributed by atoms with E-state index in [2.05, 4.69) is 10.6 Å². The number of benzene rings is 2. The predicted octanol–water partition coefficient (Wildman–Crippen LogP) is 3.68. The molecule has 1 aliphatic carbocycles. The average Bonchev–Trinajstić information content (AvgIpc) is 3.66. The molecular weight excluding hydrogens is 406 g/mol. The highest BCUT2D eigenvalue weighted by Gasteiger charge is 2.30. The molecule has 1 saturated heterocycles. The highest BCUT2D eigenvalue weighted by molar-refractivity contribution is 5.96. The summed E-state index contributed by atoms with van der Waals surface area (Å²) in [6.07, 6.45) is 3.49. The first-order valence-corrected chi connectivity index (χ1v) is 11.3. The van der Waals surface area contributed by atoms with E-state index >= 15 is 0 Å². The Morgan fingerprint density at radius 3 is 2.00 bits per heavy atom. The predicted molar refractivity (Wildman–Crippen MR) is 122 cm³/mol. The minimum absolute atomic E-state index is 0.0414. The summed E-state index contributed by atoms with van der Waals surface area (Å²) in [5, 5.41) is 5.85. The van der Waals surface area contributed by atoms with Gasteiger partial charge in [0.25, 0.3) is 0 Å². The molecule has 2 N–H and O–H groups in total. The zero-order chi connectivity index (χ0) is 22.3. The highest BCUT2D eigenvalue weighted by atomic mass is 16.5. The van der Waals surface area contributed by atoms with Crippen molar-refractivity contribution in [1.82, 2.24) is 4.90 Å². The molecule has 0 aromatic heterocycles. The van der Waals surface area contributed by atoms with Crippen molar-refractivity contribution >= 4 is 29.1 Å². The van der Waals surface area contributed by atoms with E-state index in [1.165, 1.54) is 0 Å². The van der Waals surface area contributed by atoms with Crippen molar-refractivity contribution in [3.8, 4) is 5.75 Å². The molecular formula is C25H29N3O4. The lowest BCUT2D eigenvalue weighted by atomic mass is 9.95. The number of hydrogen-bond donors (Lipinski definition) is 2. The van der Waals surface area contributed by atoms with Gasteiger partial charge < -0.3 is 20.3 Å². The SMILES string of the molecule is O=C(Nc1cccc(NC(=O)C2CCN(C(=O)CCOc3ccccc3)CC2)c1)C1CC1. The molecule has 32 heavy (non-hydrogen) atoms. The lowest BCUT2D eigenvalue weighted by molar-refractivity contribution is -0.135. The van der Waals surface area contributed by atoms with E-state index in [1.54, 1.807) is 6.07 Å². The molecule has 0 atom stereocenters. The summed E-state index contributed by atoms with van der Waals surface area (Å²) in [6, 6.07) is 16.7. The van der Waals surface area contributed by atoms with Crippen LogP contribution in [0.15, 0.2) is 54.6 Å². The van der Waals surface area contributed by atoms with Gasteiger partial charge in [-0.3, -0.25) is 14.4 Å². The summed E-state index contributed by atoms with van der Waals surface area (Å²) in [4.78, 5) is 38.9. The molecule has 0 radical (unpaired) electrons. The summed E-state index contributed by atoms with van der Waals surface area (Å²) in [5.74, 6) is 0.802. The maximum atomic E-state index is 12.7. The van der Waals surface area contributed by atoms with Gasteiger partial charge in [-0.15, -0.1) is 0 Å². The number of hydrogen-bond acceptors (Lipinski definition) is 4. The third-order valence-electron chi connectivity index (χ3n) is 5.89. The van der Waals surface area contributed by atoms with Crippen LogP contribution in [0.25, 0.3) is 0 Å². The van der Waals surface area contributed by atoms with Gasteiger partial charge in [0, 0.05) is 36.3 Å². The van der Waals surface area contributed by atoms with Crippen LogP contribution in [0, 0.1) is 11.8 Å². The van der Waals surface area contributed by atoms with Crippen LogP contribution >= 0.6 is 0 Å². The molecule has 1 saturated carbocycles. The van der Waals surface area contributed by atoms with Crippen molar-refractivity contribution in [2.24, 2.45) is 11.8 Å². The molecule has 0 spiro atoms. The van der Waals surface area contributed by atoms with Gasteiger partial charge in [0.2, 0.25) is 17.7 Å². The first-order valence-electron chi connectivity index (χ1n) is 11.3. The van der Waals surface area contributed by atoms with E-state index in [1.807, 2.05) is 53.4 Å². The van der Waals surface area contributed by atoms with Gasteiger partial charge in [-0.25, -0.2) is 0 Å². The number of anilines is 2. The van der Waals surface area contributed by atoms with Crippen LogP contribution in [-0.4, -0.2) is 42.3 Å². The molecule has 2 fully saturated rings. The van der Waals surface area contributed by atoms with Gasteiger partial charge in [-0.05, 0) is 56.0 Å². The van der Waals surface area contributed by atoms with E-state index in [0.29, 0.717) is 50.3 Å². The number of likely N-dealkylation sites (tertiary alicyclic amines) is 1.